The molecular weight excluding hydrogens is 172 g/mol. The summed E-state index contributed by atoms with van der Waals surface area (Å²) in [6, 6.07) is 0. The van der Waals surface area contributed by atoms with Crippen molar-refractivity contribution in [3.05, 3.63) is 0 Å². The molecule has 0 amide bonds. The van der Waals surface area contributed by atoms with Gasteiger partial charge in [-0.2, -0.15) is 0 Å². The van der Waals surface area contributed by atoms with E-state index in [1.165, 1.54) is 7.11 Å². The summed E-state index contributed by atoms with van der Waals surface area (Å²) in [5.41, 5.74) is -0.533. The number of Topliss-reactive ketones (excluding diaryl/α,β-unsaturated/α-hetero) is 1. The Morgan fingerprint density at radius 3 is 2.15 bits per heavy atom. The van der Waals surface area contributed by atoms with Gasteiger partial charge in [-0.15, -0.1) is 0 Å². The molecule has 0 saturated heterocycles. The maximum Gasteiger partial charge on any atom is 0.335 e. The van der Waals surface area contributed by atoms with Gasteiger partial charge < -0.3 is 9.84 Å². The molecule has 0 saturated carbocycles. The van der Waals surface area contributed by atoms with Gasteiger partial charge in [0, 0.05) is 11.8 Å². The Labute approximate surface area is 77.9 Å². The number of hydrogen-bond donors (Lipinski definition) is 1. The number of rotatable bonds is 3. The Kier molecular flexibility index (Phi) is 4.07. The molecule has 0 fully saturated rings. The van der Waals surface area contributed by atoms with Gasteiger partial charge in [0.1, 0.15) is 5.78 Å². The Morgan fingerprint density at radius 1 is 1.38 bits per heavy atom. The largest absolute Gasteiger partial charge is 0.467 e. The maximum absolute atomic E-state index is 11.3. The van der Waals surface area contributed by atoms with Crippen LogP contribution in [0.4, 0.5) is 0 Å². The molecule has 0 aliphatic rings. The monoisotopic (exact) mass is 188 g/mol. The van der Waals surface area contributed by atoms with Gasteiger partial charge in [-0.05, 0) is 0 Å². The van der Waals surface area contributed by atoms with E-state index in [1.54, 1.807) is 20.8 Å². The van der Waals surface area contributed by atoms with E-state index in [9.17, 15) is 9.59 Å². The number of aliphatic hydroxyl groups is 1. The van der Waals surface area contributed by atoms with Crippen molar-refractivity contribution in [3.63, 3.8) is 0 Å². The van der Waals surface area contributed by atoms with Crippen LogP contribution in [-0.2, 0) is 14.3 Å². The zero-order valence-electron chi connectivity index (χ0n) is 8.46. The topological polar surface area (TPSA) is 63.6 Å². The molecule has 0 spiro atoms. The van der Waals surface area contributed by atoms with E-state index in [2.05, 4.69) is 4.74 Å². The average Bonchev–Trinajstić information content (AvgIpc) is 2.01. The zero-order chi connectivity index (χ0) is 10.6. The highest BCUT2D eigenvalue weighted by Gasteiger charge is 2.27. The molecule has 0 unspecified atom stereocenters. The van der Waals surface area contributed by atoms with Crippen molar-refractivity contribution in [3.8, 4) is 0 Å². The zero-order valence-corrected chi connectivity index (χ0v) is 8.46. The van der Waals surface area contributed by atoms with E-state index >= 15 is 0 Å². The fraction of sp³-hybridized carbons (Fsp3) is 0.778. The summed E-state index contributed by atoms with van der Waals surface area (Å²) in [7, 11) is 1.17. The maximum atomic E-state index is 11.3. The second kappa shape index (κ2) is 4.37. The van der Waals surface area contributed by atoms with Crippen LogP contribution in [-0.4, -0.2) is 30.1 Å². The third kappa shape index (κ3) is 4.03. The lowest BCUT2D eigenvalue weighted by Gasteiger charge is -2.17. The average molecular weight is 188 g/mol. The van der Waals surface area contributed by atoms with Crippen LogP contribution in [0.2, 0.25) is 0 Å². The first kappa shape index (κ1) is 12.1. The van der Waals surface area contributed by atoms with E-state index in [0.717, 1.165) is 0 Å². The van der Waals surface area contributed by atoms with Crippen molar-refractivity contribution < 1.29 is 19.4 Å². The van der Waals surface area contributed by atoms with Gasteiger partial charge in [-0.3, -0.25) is 4.79 Å². The minimum Gasteiger partial charge on any atom is -0.467 e. The van der Waals surface area contributed by atoms with Crippen molar-refractivity contribution >= 4 is 11.8 Å². The minimum absolute atomic E-state index is 0.162. The van der Waals surface area contributed by atoms with Crippen LogP contribution >= 0.6 is 0 Å². The fourth-order valence-electron chi connectivity index (χ4n) is 0.701. The number of esters is 1. The molecule has 13 heavy (non-hydrogen) atoms. The number of carbonyl (C=O) groups excluding carboxylic acids is 2. The van der Waals surface area contributed by atoms with Crippen LogP contribution in [0.15, 0.2) is 0 Å². The molecule has 0 radical (unpaired) electrons. The molecule has 0 heterocycles. The van der Waals surface area contributed by atoms with Gasteiger partial charge in [0.25, 0.3) is 0 Å². The van der Waals surface area contributed by atoms with Crippen molar-refractivity contribution in [2.75, 3.05) is 7.11 Å². The van der Waals surface area contributed by atoms with Crippen LogP contribution in [0, 0.1) is 5.41 Å². The molecule has 1 atom stereocenters. The highest BCUT2D eigenvalue weighted by molar-refractivity contribution is 5.88. The van der Waals surface area contributed by atoms with Crippen LogP contribution in [0.3, 0.4) is 0 Å². The Morgan fingerprint density at radius 2 is 1.85 bits per heavy atom. The molecule has 0 bridgehead atoms. The molecular formula is C9H16O4. The quantitative estimate of drug-likeness (QED) is 0.656. The smallest absolute Gasteiger partial charge is 0.335 e. The molecule has 0 rings (SSSR count). The minimum atomic E-state index is -1.34. The first-order chi connectivity index (χ1) is 5.79. The third-order valence-electron chi connectivity index (χ3n) is 1.69. The number of hydrogen-bond acceptors (Lipinski definition) is 4. The normalized spacial score (nSPS) is 13.6. The highest BCUT2D eigenvalue weighted by Crippen LogP contribution is 2.17. The SMILES string of the molecule is COC(=O)[C@@H](O)CC(=O)C(C)(C)C. The highest BCUT2D eigenvalue weighted by atomic mass is 16.5. The van der Waals surface area contributed by atoms with Gasteiger partial charge in [0.15, 0.2) is 6.10 Å². The Hall–Kier alpha value is -0.900. The van der Waals surface area contributed by atoms with E-state index in [-0.39, 0.29) is 12.2 Å². The van der Waals surface area contributed by atoms with E-state index in [1.807, 2.05) is 0 Å². The summed E-state index contributed by atoms with van der Waals surface area (Å²) in [6.45, 7) is 5.21. The summed E-state index contributed by atoms with van der Waals surface area (Å²) in [6.07, 6.45) is -1.52. The van der Waals surface area contributed by atoms with E-state index in [4.69, 9.17) is 5.11 Å². The predicted molar refractivity (Wildman–Crippen MR) is 47.1 cm³/mol. The first-order valence-electron chi connectivity index (χ1n) is 4.08. The second-order valence-electron chi connectivity index (χ2n) is 3.92. The molecule has 1 N–H and O–H groups in total. The fourth-order valence-corrected chi connectivity index (χ4v) is 0.701. The number of ether oxygens (including phenoxy) is 1. The third-order valence-corrected chi connectivity index (χ3v) is 1.69. The van der Waals surface area contributed by atoms with Gasteiger partial charge in [-0.1, -0.05) is 20.8 Å². The molecule has 0 aliphatic carbocycles. The Bertz CT molecular complexity index is 202. The van der Waals surface area contributed by atoms with E-state index in [0.29, 0.717) is 0 Å². The lowest BCUT2D eigenvalue weighted by Crippen LogP contribution is -2.30. The summed E-state index contributed by atoms with van der Waals surface area (Å²) in [5.74, 6) is -0.928. The molecule has 0 aromatic heterocycles. The van der Waals surface area contributed by atoms with Crippen LogP contribution < -0.4 is 0 Å². The van der Waals surface area contributed by atoms with Gasteiger partial charge in [0.2, 0.25) is 0 Å². The second-order valence-corrected chi connectivity index (χ2v) is 3.92. The standard InChI is InChI=1S/C9H16O4/c1-9(2,3)7(11)5-6(10)8(12)13-4/h6,10H,5H2,1-4H3/t6-/m0/s1. The number of methoxy groups -OCH3 is 1. The summed E-state index contributed by atoms with van der Waals surface area (Å²) in [4.78, 5) is 22.1. The molecule has 0 aromatic carbocycles. The number of carbonyl (C=O) groups is 2. The van der Waals surface area contributed by atoms with E-state index < -0.39 is 17.5 Å². The molecule has 4 heteroatoms. The summed E-state index contributed by atoms with van der Waals surface area (Å²) in [5, 5.41) is 9.16. The van der Waals surface area contributed by atoms with Gasteiger partial charge in [-0.25, -0.2) is 4.79 Å². The lowest BCUT2D eigenvalue weighted by molar-refractivity contribution is -0.153. The summed E-state index contributed by atoms with van der Waals surface area (Å²) < 4.78 is 4.28. The molecule has 0 aliphatic heterocycles. The lowest BCUT2D eigenvalue weighted by atomic mass is 9.88. The predicted octanol–water partition coefficient (Wildman–Crippen LogP) is 0.526. The molecule has 0 aromatic rings. The number of aliphatic hydroxyl groups excluding tert-OH is 1. The van der Waals surface area contributed by atoms with Crippen molar-refractivity contribution in [1.82, 2.24) is 0 Å². The molecule has 76 valence electrons. The van der Waals surface area contributed by atoms with Crippen molar-refractivity contribution in [2.45, 2.75) is 33.3 Å². The van der Waals surface area contributed by atoms with Crippen LogP contribution in [0.5, 0.6) is 0 Å². The molecule has 4 nitrogen and oxygen atoms in total. The Balaban J connectivity index is 4.15. The van der Waals surface area contributed by atoms with Gasteiger partial charge in [0.05, 0.1) is 7.11 Å². The van der Waals surface area contributed by atoms with Crippen molar-refractivity contribution in [2.24, 2.45) is 5.41 Å². The van der Waals surface area contributed by atoms with Crippen LogP contribution in [0.1, 0.15) is 27.2 Å². The van der Waals surface area contributed by atoms with Crippen molar-refractivity contribution in [1.29, 1.82) is 0 Å². The summed E-state index contributed by atoms with van der Waals surface area (Å²) >= 11 is 0. The number of ketones is 1. The van der Waals surface area contributed by atoms with Gasteiger partial charge >= 0.3 is 5.97 Å². The first-order valence-corrected chi connectivity index (χ1v) is 4.08. The van der Waals surface area contributed by atoms with Crippen LogP contribution in [0.25, 0.3) is 0 Å².